The Hall–Kier alpha value is -1.98. The molecule has 0 unspecified atom stereocenters. The zero-order valence-electron chi connectivity index (χ0n) is 13.9. The van der Waals surface area contributed by atoms with Crippen LogP contribution in [0.5, 0.6) is 0 Å². The third-order valence-electron chi connectivity index (χ3n) is 4.21. The Labute approximate surface area is 134 Å². The molecular formula is C17H21F2NO3. The molecule has 2 amide bonds. The molecule has 0 aliphatic carbocycles. The van der Waals surface area contributed by atoms with Gasteiger partial charge in [-0.15, -0.1) is 0 Å². The van der Waals surface area contributed by atoms with E-state index in [1.807, 2.05) is 0 Å². The minimum Gasteiger partial charge on any atom is -0.443 e. The van der Waals surface area contributed by atoms with Crippen LogP contribution in [0.4, 0.5) is 13.6 Å². The number of benzene rings is 1. The first-order valence-electron chi connectivity index (χ1n) is 7.45. The summed E-state index contributed by atoms with van der Waals surface area (Å²) in [5.41, 5.74) is -1.26. The lowest BCUT2D eigenvalue weighted by molar-refractivity contribution is -0.130. The third kappa shape index (κ3) is 3.35. The average molecular weight is 325 g/mol. The second-order valence-electron chi connectivity index (χ2n) is 7.20. The van der Waals surface area contributed by atoms with E-state index < -0.39 is 40.6 Å². The number of halogens is 2. The zero-order chi connectivity index (χ0) is 17.6. The lowest BCUT2D eigenvalue weighted by Gasteiger charge is -2.28. The number of hydrogen-bond acceptors (Lipinski definition) is 3. The number of ether oxygens (including phenoxy) is 1. The maximum Gasteiger partial charge on any atom is 0.417 e. The molecule has 1 aromatic carbocycles. The normalized spacial score (nSPS) is 24.9. The van der Waals surface area contributed by atoms with Crippen molar-refractivity contribution in [1.82, 2.24) is 4.90 Å². The molecule has 1 aliphatic rings. The van der Waals surface area contributed by atoms with Crippen molar-refractivity contribution in [2.24, 2.45) is 5.92 Å². The highest BCUT2D eigenvalue weighted by Crippen LogP contribution is 2.40. The molecule has 6 heteroatoms. The van der Waals surface area contributed by atoms with Gasteiger partial charge in [0.25, 0.3) is 0 Å². The Bertz CT molecular complexity index is 633. The first-order chi connectivity index (χ1) is 10.4. The number of likely N-dealkylation sites (tertiary alicyclic amines) is 1. The van der Waals surface area contributed by atoms with Crippen molar-refractivity contribution in [3.63, 3.8) is 0 Å². The second kappa shape index (κ2) is 5.58. The molecule has 2 rings (SSSR count). The zero-order valence-corrected chi connectivity index (χ0v) is 13.9. The average Bonchev–Trinajstić information content (AvgIpc) is 2.61. The van der Waals surface area contributed by atoms with Gasteiger partial charge in [-0.3, -0.25) is 4.79 Å². The molecule has 1 saturated heterocycles. The fraction of sp³-hybridized carbons (Fsp3) is 0.529. The lowest BCUT2D eigenvalue weighted by Crippen LogP contribution is -2.39. The van der Waals surface area contributed by atoms with Gasteiger partial charge in [0.1, 0.15) is 17.2 Å². The summed E-state index contributed by atoms with van der Waals surface area (Å²) in [5.74, 6) is -2.43. The van der Waals surface area contributed by atoms with Crippen molar-refractivity contribution in [2.45, 2.75) is 45.6 Å². The number of hydrogen-bond donors (Lipinski definition) is 0. The van der Waals surface area contributed by atoms with Crippen molar-refractivity contribution in [3.05, 3.63) is 35.4 Å². The second-order valence-corrected chi connectivity index (χ2v) is 7.20. The molecule has 0 saturated carbocycles. The fourth-order valence-corrected chi connectivity index (χ4v) is 2.75. The van der Waals surface area contributed by atoms with Crippen LogP contribution in [0.15, 0.2) is 18.2 Å². The SMILES string of the molecule is C[C@H]1C(=O)N(C(=O)OC(C)(C)C)C[C@]1(C)c1cc(F)cc(F)c1. The van der Waals surface area contributed by atoms with Crippen LogP contribution in [-0.4, -0.2) is 29.0 Å². The van der Waals surface area contributed by atoms with Gasteiger partial charge in [0.05, 0.1) is 0 Å². The molecule has 2 atom stereocenters. The minimum atomic E-state index is -0.878. The van der Waals surface area contributed by atoms with Crippen molar-refractivity contribution >= 4 is 12.0 Å². The van der Waals surface area contributed by atoms with Gasteiger partial charge in [-0.2, -0.15) is 0 Å². The van der Waals surface area contributed by atoms with E-state index in [1.165, 1.54) is 12.1 Å². The number of carbonyl (C=O) groups excluding carboxylic acids is 2. The predicted octanol–water partition coefficient (Wildman–Crippen LogP) is 3.64. The molecular weight excluding hydrogens is 304 g/mol. The van der Waals surface area contributed by atoms with Crippen LogP contribution in [0.25, 0.3) is 0 Å². The van der Waals surface area contributed by atoms with Gasteiger partial charge in [-0.05, 0) is 38.5 Å². The Morgan fingerprint density at radius 3 is 2.26 bits per heavy atom. The maximum absolute atomic E-state index is 13.5. The molecule has 23 heavy (non-hydrogen) atoms. The van der Waals surface area contributed by atoms with Crippen LogP contribution >= 0.6 is 0 Å². The Morgan fingerprint density at radius 1 is 1.26 bits per heavy atom. The molecule has 1 heterocycles. The van der Waals surface area contributed by atoms with Gasteiger partial charge >= 0.3 is 6.09 Å². The topological polar surface area (TPSA) is 46.6 Å². The minimum absolute atomic E-state index is 0.0187. The first kappa shape index (κ1) is 17.4. The molecule has 0 bridgehead atoms. The molecule has 1 fully saturated rings. The highest BCUT2D eigenvalue weighted by atomic mass is 19.1. The quantitative estimate of drug-likeness (QED) is 0.792. The van der Waals surface area contributed by atoms with Crippen molar-refractivity contribution in [1.29, 1.82) is 0 Å². The maximum atomic E-state index is 13.5. The van der Waals surface area contributed by atoms with Gasteiger partial charge in [0.15, 0.2) is 0 Å². The molecule has 0 radical (unpaired) electrons. The molecule has 4 nitrogen and oxygen atoms in total. The van der Waals surface area contributed by atoms with E-state index in [9.17, 15) is 18.4 Å². The van der Waals surface area contributed by atoms with E-state index in [0.717, 1.165) is 11.0 Å². The van der Waals surface area contributed by atoms with Crippen molar-refractivity contribution in [2.75, 3.05) is 6.54 Å². The van der Waals surface area contributed by atoms with Crippen molar-refractivity contribution < 1.29 is 23.1 Å². The van der Waals surface area contributed by atoms with Gasteiger partial charge in [0, 0.05) is 23.9 Å². The van der Waals surface area contributed by atoms with E-state index in [4.69, 9.17) is 4.74 Å². The van der Waals surface area contributed by atoms with Crippen LogP contribution in [0.2, 0.25) is 0 Å². The summed E-state index contributed by atoms with van der Waals surface area (Å²) in [5, 5.41) is 0. The standard InChI is InChI=1S/C17H21F2NO3/c1-10-14(21)20(15(22)23-16(2,3)4)9-17(10,5)11-6-12(18)8-13(19)7-11/h6-8,10H,9H2,1-5H3/t10-,17-/m0/s1. The number of amides is 2. The first-order valence-corrected chi connectivity index (χ1v) is 7.45. The van der Waals surface area contributed by atoms with Crippen LogP contribution in [-0.2, 0) is 14.9 Å². The highest BCUT2D eigenvalue weighted by Gasteiger charge is 2.51. The number of nitrogens with zero attached hydrogens (tertiary/aromatic N) is 1. The smallest absolute Gasteiger partial charge is 0.417 e. The number of imide groups is 1. The van der Waals surface area contributed by atoms with Gasteiger partial charge in [-0.25, -0.2) is 18.5 Å². The van der Waals surface area contributed by atoms with Gasteiger partial charge in [-0.1, -0.05) is 13.8 Å². The van der Waals surface area contributed by atoms with E-state index >= 15 is 0 Å². The molecule has 1 aliphatic heterocycles. The Morgan fingerprint density at radius 2 is 1.78 bits per heavy atom. The monoisotopic (exact) mass is 325 g/mol. The predicted molar refractivity (Wildman–Crippen MR) is 80.8 cm³/mol. The van der Waals surface area contributed by atoms with Crippen molar-refractivity contribution in [3.8, 4) is 0 Å². The fourth-order valence-electron chi connectivity index (χ4n) is 2.75. The summed E-state index contributed by atoms with van der Waals surface area (Å²) in [6, 6.07) is 3.18. The Kier molecular flexibility index (Phi) is 4.22. The molecule has 1 aromatic rings. The summed E-state index contributed by atoms with van der Waals surface area (Å²) < 4.78 is 32.3. The van der Waals surface area contributed by atoms with Crippen LogP contribution in [0.3, 0.4) is 0 Å². The van der Waals surface area contributed by atoms with E-state index in [1.54, 1.807) is 34.6 Å². The number of carbonyl (C=O) groups is 2. The van der Waals surface area contributed by atoms with E-state index in [2.05, 4.69) is 0 Å². The summed E-state index contributed by atoms with van der Waals surface area (Å²) in [7, 11) is 0. The van der Waals surface area contributed by atoms with Crippen LogP contribution in [0.1, 0.15) is 40.2 Å². The van der Waals surface area contributed by atoms with Gasteiger partial charge in [0.2, 0.25) is 5.91 Å². The Balaban J connectivity index is 2.35. The lowest BCUT2D eigenvalue weighted by atomic mass is 9.75. The largest absolute Gasteiger partial charge is 0.443 e. The summed E-state index contributed by atoms with van der Waals surface area (Å²) in [4.78, 5) is 25.6. The van der Waals surface area contributed by atoms with E-state index in [0.29, 0.717) is 5.56 Å². The van der Waals surface area contributed by atoms with E-state index in [-0.39, 0.29) is 6.54 Å². The van der Waals surface area contributed by atoms with Gasteiger partial charge < -0.3 is 4.74 Å². The molecule has 0 aromatic heterocycles. The molecule has 126 valence electrons. The third-order valence-corrected chi connectivity index (χ3v) is 4.21. The number of rotatable bonds is 1. The molecule has 0 spiro atoms. The molecule has 0 N–H and O–H groups in total. The summed E-state index contributed by atoms with van der Waals surface area (Å²) >= 11 is 0. The summed E-state index contributed by atoms with van der Waals surface area (Å²) in [6.07, 6.45) is -0.741. The highest BCUT2D eigenvalue weighted by molar-refractivity contribution is 5.96. The van der Waals surface area contributed by atoms with Crippen LogP contribution in [0, 0.1) is 17.6 Å². The van der Waals surface area contributed by atoms with Crippen LogP contribution < -0.4 is 0 Å². The summed E-state index contributed by atoms with van der Waals surface area (Å²) in [6.45, 7) is 8.50.